The van der Waals surface area contributed by atoms with Gasteiger partial charge in [0.2, 0.25) is 0 Å². The lowest BCUT2D eigenvalue weighted by Gasteiger charge is -2.17. The van der Waals surface area contributed by atoms with Crippen LogP contribution in [0.2, 0.25) is 5.02 Å². The van der Waals surface area contributed by atoms with Crippen LogP contribution in [-0.4, -0.2) is 12.3 Å². The van der Waals surface area contributed by atoms with Gasteiger partial charge in [-0.3, -0.25) is 4.79 Å². The molecule has 0 N–H and O–H groups in total. The Bertz CT molecular complexity index is 470. The van der Waals surface area contributed by atoms with Crippen molar-refractivity contribution in [2.45, 2.75) is 18.7 Å². The summed E-state index contributed by atoms with van der Waals surface area (Å²) in [6.45, 7) is 4.46. The van der Waals surface area contributed by atoms with Crippen molar-refractivity contribution in [3.63, 3.8) is 0 Å². The van der Waals surface area contributed by atoms with Gasteiger partial charge in [-0.05, 0) is 32.0 Å². The molecule has 0 aromatic heterocycles. The van der Waals surface area contributed by atoms with Crippen LogP contribution in [0, 0.1) is 0 Å². The van der Waals surface area contributed by atoms with Gasteiger partial charge in [0.05, 0.1) is 10.7 Å². The number of fused-ring (bicyclic) bond motifs is 1. The van der Waals surface area contributed by atoms with E-state index in [-0.39, 0.29) is 5.78 Å². The molecule has 0 amide bonds. The maximum absolute atomic E-state index is 11.1. The molecular formula is C12H12ClNOS. The molecule has 1 aromatic rings. The van der Waals surface area contributed by atoms with Crippen LogP contribution in [0.1, 0.15) is 13.8 Å². The Balaban J connectivity index is 2.44. The third-order valence-electron chi connectivity index (χ3n) is 2.34. The Morgan fingerprint density at radius 2 is 2.31 bits per heavy atom. The molecule has 0 aliphatic carbocycles. The number of rotatable bonds is 2. The monoisotopic (exact) mass is 253 g/mol. The van der Waals surface area contributed by atoms with Crippen molar-refractivity contribution in [1.82, 2.24) is 0 Å². The first kappa shape index (κ1) is 11.6. The van der Waals surface area contributed by atoms with E-state index in [1.165, 1.54) is 0 Å². The van der Waals surface area contributed by atoms with Crippen LogP contribution in [0.4, 0.5) is 5.69 Å². The van der Waals surface area contributed by atoms with E-state index in [9.17, 15) is 4.79 Å². The molecule has 4 heteroatoms. The second kappa shape index (κ2) is 4.52. The summed E-state index contributed by atoms with van der Waals surface area (Å²) in [5, 5.41) is 1.70. The number of anilines is 1. The van der Waals surface area contributed by atoms with E-state index in [4.69, 9.17) is 11.6 Å². The lowest BCUT2D eigenvalue weighted by molar-refractivity contribution is -0.112. The molecular weight excluding hydrogens is 242 g/mol. The molecule has 0 saturated heterocycles. The quantitative estimate of drug-likeness (QED) is 0.750. The molecule has 1 aromatic carbocycles. The van der Waals surface area contributed by atoms with Gasteiger partial charge in [-0.2, -0.15) is 0 Å². The number of benzene rings is 1. The van der Waals surface area contributed by atoms with Crippen LogP contribution >= 0.6 is 23.4 Å². The average Bonchev–Trinajstić information content (AvgIpc) is 2.53. The van der Waals surface area contributed by atoms with E-state index >= 15 is 0 Å². The van der Waals surface area contributed by atoms with E-state index in [1.807, 2.05) is 18.2 Å². The molecule has 1 heterocycles. The topological polar surface area (TPSA) is 20.3 Å². The first-order chi connectivity index (χ1) is 7.61. The number of ketones is 1. The second-order valence-corrected chi connectivity index (χ2v) is 5.05. The van der Waals surface area contributed by atoms with Crippen LogP contribution in [0.15, 0.2) is 34.2 Å². The molecule has 2 nitrogen and oxygen atoms in total. The van der Waals surface area contributed by atoms with Gasteiger partial charge in [0.25, 0.3) is 0 Å². The fourth-order valence-electron chi connectivity index (χ4n) is 1.68. The number of thioether (sulfide) groups is 1. The zero-order valence-electron chi connectivity index (χ0n) is 9.16. The van der Waals surface area contributed by atoms with Crippen molar-refractivity contribution in [3.05, 3.63) is 34.3 Å². The molecule has 0 bridgehead atoms. The predicted octanol–water partition coefficient (Wildman–Crippen LogP) is 3.70. The minimum absolute atomic E-state index is 0.0693. The van der Waals surface area contributed by atoms with Gasteiger partial charge in [0, 0.05) is 22.5 Å². The summed E-state index contributed by atoms with van der Waals surface area (Å²) in [4.78, 5) is 14.4. The Labute approximate surface area is 104 Å². The standard InChI is InChI=1S/C12H12ClNOS/c1-3-14-10-7-9(13)4-5-11(10)16-12(14)6-8(2)15/h4-7H,3H2,1-2H3. The summed E-state index contributed by atoms with van der Waals surface area (Å²) >= 11 is 7.59. The number of carbonyl (C=O) groups is 1. The van der Waals surface area contributed by atoms with E-state index in [0.29, 0.717) is 0 Å². The van der Waals surface area contributed by atoms with Gasteiger partial charge in [-0.15, -0.1) is 0 Å². The third kappa shape index (κ3) is 2.11. The summed E-state index contributed by atoms with van der Waals surface area (Å²) < 4.78 is 0. The molecule has 2 rings (SSSR count). The number of halogens is 1. The second-order valence-electron chi connectivity index (χ2n) is 3.55. The van der Waals surface area contributed by atoms with Gasteiger partial charge in [0.15, 0.2) is 5.78 Å². The molecule has 84 valence electrons. The first-order valence-electron chi connectivity index (χ1n) is 5.09. The summed E-state index contributed by atoms with van der Waals surface area (Å²) in [7, 11) is 0. The zero-order valence-corrected chi connectivity index (χ0v) is 10.7. The predicted molar refractivity (Wildman–Crippen MR) is 69.1 cm³/mol. The Kier molecular flexibility index (Phi) is 3.26. The number of hydrogen-bond acceptors (Lipinski definition) is 3. The summed E-state index contributed by atoms with van der Waals surface area (Å²) in [5.74, 6) is 0.0693. The molecule has 16 heavy (non-hydrogen) atoms. The Hall–Kier alpha value is -0.930. The number of hydrogen-bond donors (Lipinski definition) is 0. The molecule has 0 atom stereocenters. The van der Waals surface area contributed by atoms with Crippen LogP contribution < -0.4 is 4.90 Å². The SMILES string of the molecule is CCN1C(=CC(C)=O)Sc2ccc(Cl)cc21. The molecule has 0 saturated carbocycles. The maximum Gasteiger partial charge on any atom is 0.155 e. The highest BCUT2D eigenvalue weighted by atomic mass is 35.5. The molecule has 0 fully saturated rings. The van der Waals surface area contributed by atoms with Crippen molar-refractivity contribution in [2.75, 3.05) is 11.4 Å². The Morgan fingerprint density at radius 3 is 2.94 bits per heavy atom. The normalized spacial score (nSPS) is 16.7. The fraction of sp³-hybridized carbons (Fsp3) is 0.250. The van der Waals surface area contributed by atoms with Crippen molar-refractivity contribution in [1.29, 1.82) is 0 Å². The lowest BCUT2D eigenvalue weighted by Crippen LogP contribution is -2.17. The fourth-order valence-corrected chi connectivity index (χ4v) is 3.05. The van der Waals surface area contributed by atoms with Gasteiger partial charge < -0.3 is 4.90 Å². The summed E-state index contributed by atoms with van der Waals surface area (Å²) in [6.07, 6.45) is 1.67. The number of carbonyl (C=O) groups excluding carboxylic acids is 1. The van der Waals surface area contributed by atoms with Crippen molar-refractivity contribution >= 4 is 34.8 Å². The number of allylic oxidation sites excluding steroid dienone is 1. The number of nitrogens with zero attached hydrogens (tertiary/aromatic N) is 1. The first-order valence-corrected chi connectivity index (χ1v) is 6.28. The Morgan fingerprint density at radius 1 is 1.56 bits per heavy atom. The highest BCUT2D eigenvalue weighted by molar-refractivity contribution is 8.03. The molecule has 1 aliphatic rings. The van der Waals surface area contributed by atoms with Crippen LogP contribution in [-0.2, 0) is 4.79 Å². The largest absolute Gasteiger partial charge is 0.335 e. The summed E-state index contributed by atoms with van der Waals surface area (Å²) in [6, 6.07) is 5.80. The molecule has 0 unspecified atom stereocenters. The maximum atomic E-state index is 11.1. The minimum atomic E-state index is 0.0693. The van der Waals surface area contributed by atoms with Gasteiger partial charge in [-0.1, -0.05) is 23.4 Å². The van der Waals surface area contributed by atoms with Gasteiger partial charge >= 0.3 is 0 Å². The van der Waals surface area contributed by atoms with Crippen molar-refractivity contribution in [3.8, 4) is 0 Å². The van der Waals surface area contributed by atoms with Crippen molar-refractivity contribution in [2.24, 2.45) is 0 Å². The lowest BCUT2D eigenvalue weighted by atomic mass is 10.3. The molecule has 0 spiro atoms. The average molecular weight is 254 g/mol. The van der Waals surface area contributed by atoms with Crippen molar-refractivity contribution < 1.29 is 4.79 Å². The highest BCUT2D eigenvalue weighted by Gasteiger charge is 2.24. The van der Waals surface area contributed by atoms with E-state index in [2.05, 4.69) is 11.8 Å². The smallest absolute Gasteiger partial charge is 0.155 e. The third-order valence-corrected chi connectivity index (χ3v) is 3.68. The highest BCUT2D eigenvalue weighted by Crippen LogP contribution is 2.46. The molecule has 0 radical (unpaired) electrons. The van der Waals surface area contributed by atoms with Crippen LogP contribution in [0.25, 0.3) is 0 Å². The van der Waals surface area contributed by atoms with E-state index < -0.39 is 0 Å². The van der Waals surface area contributed by atoms with Crippen LogP contribution in [0.5, 0.6) is 0 Å². The minimum Gasteiger partial charge on any atom is -0.335 e. The van der Waals surface area contributed by atoms with Crippen LogP contribution in [0.3, 0.4) is 0 Å². The van der Waals surface area contributed by atoms with Gasteiger partial charge in [-0.25, -0.2) is 0 Å². The van der Waals surface area contributed by atoms with E-state index in [1.54, 1.807) is 24.8 Å². The van der Waals surface area contributed by atoms with Gasteiger partial charge in [0.1, 0.15) is 0 Å². The summed E-state index contributed by atoms with van der Waals surface area (Å²) in [5.41, 5.74) is 1.09. The van der Waals surface area contributed by atoms with E-state index in [0.717, 1.165) is 27.2 Å². The molecule has 1 aliphatic heterocycles. The zero-order chi connectivity index (χ0) is 11.7.